The Morgan fingerprint density at radius 3 is 2.52 bits per heavy atom. The van der Waals surface area contributed by atoms with Crippen LogP contribution in [0.15, 0.2) is 65.4 Å². The highest BCUT2D eigenvalue weighted by Gasteiger charge is 2.08. The van der Waals surface area contributed by atoms with Gasteiger partial charge in [0, 0.05) is 22.3 Å². The van der Waals surface area contributed by atoms with E-state index in [1.807, 2.05) is 60.4 Å². The standard InChI is InChI=1S/C17H16BrN3/c1-12(19)16-8-7-15(9-17(16)18)21-11-14(10-20-21)13-5-3-2-4-6-13/h2-12H,19H2,1H3. The molecule has 0 spiro atoms. The van der Waals surface area contributed by atoms with Crippen molar-refractivity contribution in [2.45, 2.75) is 13.0 Å². The predicted molar refractivity (Wildman–Crippen MR) is 89.3 cm³/mol. The monoisotopic (exact) mass is 341 g/mol. The third-order valence-corrected chi connectivity index (χ3v) is 4.12. The van der Waals surface area contributed by atoms with Gasteiger partial charge in [-0.1, -0.05) is 52.3 Å². The summed E-state index contributed by atoms with van der Waals surface area (Å²) in [6.45, 7) is 1.97. The average molecular weight is 342 g/mol. The lowest BCUT2D eigenvalue weighted by atomic mass is 10.1. The first-order valence-electron chi connectivity index (χ1n) is 6.80. The van der Waals surface area contributed by atoms with E-state index < -0.39 is 0 Å². The zero-order valence-electron chi connectivity index (χ0n) is 11.7. The normalized spacial score (nSPS) is 12.3. The van der Waals surface area contributed by atoms with E-state index in [1.165, 1.54) is 0 Å². The molecule has 0 aliphatic heterocycles. The smallest absolute Gasteiger partial charge is 0.0657 e. The lowest BCUT2D eigenvalue weighted by molar-refractivity contribution is 0.809. The predicted octanol–water partition coefficient (Wildman–Crippen LogP) is 4.32. The van der Waals surface area contributed by atoms with Crippen molar-refractivity contribution in [3.05, 3.63) is 71.0 Å². The van der Waals surface area contributed by atoms with Crippen LogP contribution in [-0.4, -0.2) is 9.78 Å². The van der Waals surface area contributed by atoms with Crippen LogP contribution in [-0.2, 0) is 0 Å². The van der Waals surface area contributed by atoms with Gasteiger partial charge in [0.15, 0.2) is 0 Å². The summed E-state index contributed by atoms with van der Waals surface area (Å²) in [6.07, 6.45) is 3.91. The van der Waals surface area contributed by atoms with Crippen molar-refractivity contribution in [1.29, 1.82) is 0 Å². The molecule has 0 saturated carbocycles. The van der Waals surface area contributed by atoms with Gasteiger partial charge in [-0.2, -0.15) is 5.10 Å². The third-order valence-electron chi connectivity index (χ3n) is 3.43. The molecule has 3 nitrogen and oxygen atoms in total. The second-order valence-corrected chi connectivity index (χ2v) is 5.89. The van der Waals surface area contributed by atoms with E-state index in [0.717, 1.165) is 26.9 Å². The van der Waals surface area contributed by atoms with Crippen LogP contribution in [0.1, 0.15) is 18.5 Å². The summed E-state index contributed by atoms with van der Waals surface area (Å²) in [5, 5.41) is 4.44. The van der Waals surface area contributed by atoms with E-state index in [9.17, 15) is 0 Å². The molecule has 0 amide bonds. The van der Waals surface area contributed by atoms with Crippen molar-refractivity contribution in [3.63, 3.8) is 0 Å². The number of rotatable bonds is 3. The molecule has 106 valence electrons. The quantitative estimate of drug-likeness (QED) is 0.770. The summed E-state index contributed by atoms with van der Waals surface area (Å²) in [4.78, 5) is 0. The topological polar surface area (TPSA) is 43.8 Å². The molecule has 21 heavy (non-hydrogen) atoms. The van der Waals surface area contributed by atoms with Crippen molar-refractivity contribution in [1.82, 2.24) is 9.78 Å². The third kappa shape index (κ3) is 2.91. The van der Waals surface area contributed by atoms with Crippen LogP contribution < -0.4 is 5.73 Å². The molecule has 1 aromatic heterocycles. The first-order valence-corrected chi connectivity index (χ1v) is 7.60. The number of nitrogens with two attached hydrogens (primary N) is 1. The Kier molecular flexibility index (Phi) is 3.90. The number of benzene rings is 2. The number of hydrogen-bond acceptors (Lipinski definition) is 2. The van der Waals surface area contributed by atoms with Gasteiger partial charge >= 0.3 is 0 Å². The van der Waals surface area contributed by atoms with Gasteiger partial charge < -0.3 is 5.73 Å². The minimum absolute atomic E-state index is 0.00549. The Hall–Kier alpha value is -1.91. The molecule has 4 heteroatoms. The van der Waals surface area contributed by atoms with Gasteiger partial charge in [-0.05, 0) is 30.2 Å². The van der Waals surface area contributed by atoms with Gasteiger partial charge in [0.25, 0.3) is 0 Å². The van der Waals surface area contributed by atoms with E-state index in [2.05, 4.69) is 33.2 Å². The molecule has 1 atom stereocenters. The molecule has 0 radical (unpaired) electrons. The minimum atomic E-state index is 0.00549. The van der Waals surface area contributed by atoms with Crippen LogP contribution in [0.3, 0.4) is 0 Å². The molecule has 3 aromatic rings. The lowest BCUT2D eigenvalue weighted by Gasteiger charge is -2.10. The summed E-state index contributed by atoms with van der Waals surface area (Å²) in [7, 11) is 0. The van der Waals surface area contributed by atoms with Gasteiger partial charge in [-0.15, -0.1) is 0 Å². The van der Waals surface area contributed by atoms with Crippen LogP contribution >= 0.6 is 15.9 Å². The Bertz CT molecular complexity index is 748. The Balaban J connectivity index is 1.95. The van der Waals surface area contributed by atoms with E-state index >= 15 is 0 Å². The summed E-state index contributed by atoms with van der Waals surface area (Å²) < 4.78 is 2.88. The average Bonchev–Trinajstić information content (AvgIpc) is 2.97. The molecule has 1 unspecified atom stereocenters. The molecular formula is C17H16BrN3. The number of hydrogen-bond donors (Lipinski definition) is 1. The number of halogens is 1. The fourth-order valence-corrected chi connectivity index (χ4v) is 3.00. The zero-order valence-corrected chi connectivity index (χ0v) is 13.3. The van der Waals surface area contributed by atoms with Gasteiger partial charge in [0.05, 0.1) is 11.9 Å². The Morgan fingerprint density at radius 1 is 1.10 bits per heavy atom. The van der Waals surface area contributed by atoms with E-state index in [4.69, 9.17) is 5.73 Å². The van der Waals surface area contributed by atoms with Crippen LogP contribution in [0.5, 0.6) is 0 Å². The Morgan fingerprint density at radius 2 is 1.86 bits per heavy atom. The highest BCUT2D eigenvalue weighted by Crippen LogP contribution is 2.26. The van der Waals surface area contributed by atoms with E-state index in [1.54, 1.807) is 0 Å². The molecular weight excluding hydrogens is 326 g/mol. The van der Waals surface area contributed by atoms with Crippen LogP contribution in [0.4, 0.5) is 0 Å². The molecule has 0 saturated heterocycles. The molecule has 0 aliphatic rings. The van der Waals surface area contributed by atoms with Gasteiger partial charge in [-0.3, -0.25) is 0 Å². The summed E-state index contributed by atoms with van der Waals surface area (Å²) in [5.74, 6) is 0. The molecule has 0 aliphatic carbocycles. The summed E-state index contributed by atoms with van der Waals surface area (Å²) in [6, 6.07) is 16.3. The molecule has 0 bridgehead atoms. The highest BCUT2D eigenvalue weighted by molar-refractivity contribution is 9.10. The molecule has 2 N–H and O–H groups in total. The summed E-state index contributed by atoms with van der Waals surface area (Å²) >= 11 is 3.58. The maximum absolute atomic E-state index is 5.93. The molecule has 1 heterocycles. The zero-order chi connectivity index (χ0) is 14.8. The van der Waals surface area contributed by atoms with Crippen LogP contribution in [0, 0.1) is 0 Å². The van der Waals surface area contributed by atoms with Crippen molar-refractivity contribution < 1.29 is 0 Å². The minimum Gasteiger partial charge on any atom is -0.324 e. The van der Waals surface area contributed by atoms with Crippen molar-refractivity contribution in [3.8, 4) is 16.8 Å². The lowest BCUT2D eigenvalue weighted by Crippen LogP contribution is -2.06. The number of aromatic nitrogens is 2. The van der Waals surface area contributed by atoms with Crippen molar-refractivity contribution in [2.24, 2.45) is 5.73 Å². The van der Waals surface area contributed by atoms with Gasteiger partial charge in [0.1, 0.15) is 0 Å². The van der Waals surface area contributed by atoms with E-state index in [-0.39, 0.29) is 6.04 Å². The van der Waals surface area contributed by atoms with E-state index in [0.29, 0.717) is 0 Å². The molecule has 3 rings (SSSR count). The maximum atomic E-state index is 5.93. The maximum Gasteiger partial charge on any atom is 0.0657 e. The largest absolute Gasteiger partial charge is 0.324 e. The van der Waals surface area contributed by atoms with Crippen LogP contribution in [0.2, 0.25) is 0 Å². The Labute approximate surface area is 132 Å². The fraction of sp³-hybridized carbons (Fsp3) is 0.118. The first kappa shape index (κ1) is 14.0. The first-order chi connectivity index (χ1) is 10.1. The molecule has 0 fully saturated rings. The SMILES string of the molecule is CC(N)c1ccc(-n2cc(-c3ccccc3)cn2)cc1Br. The highest BCUT2D eigenvalue weighted by atomic mass is 79.9. The van der Waals surface area contributed by atoms with Gasteiger partial charge in [0.2, 0.25) is 0 Å². The van der Waals surface area contributed by atoms with Crippen LogP contribution in [0.25, 0.3) is 16.8 Å². The second-order valence-electron chi connectivity index (χ2n) is 5.03. The number of nitrogens with zero attached hydrogens (tertiary/aromatic N) is 2. The second kappa shape index (κ2) is 5.84. The molecule has 2 aromatic carbocycles. The van der Waals surface area contributed by atoms with Gasteiger partial charge in [-0.25, -0.2) is 4.68 Å². The summed E-state index contributed by atoms with van der Waals surface area (Å²) in [5.41, 5.74) is 10.3. The fourth-order valence-electron chi connectivity index (χ4n) is 2.27. The van der Waals surface area contributed by atoms with Crippen molar-refractivity contribution >= 4 is 15.9 Å². The van der Waals surface area contributed by atoms with Crippen molar-refractivity contribution in [2.75, 3.05) is 0 Å².